The maximum atomic E-state index is 9.80. The Hall–Kier alpha value is -0.610. The molecular weight excluding hydrogens is 172 g/mol. The molecule has 1 aliphatic rings. The van der Waals surface area contributed by atoms with Gasteiger partial charge in [-0.05, 0) is 19.3 Å². The largest absolute Gasteiger partial charge is 0.389 e. The Kier molecular flexibility index (Phi) is 1.81. The molecule has 0 bridgehead atoms. The molecule has 3 nitrogen and oxygen atoms in total. The second kappa shape index (κ2) is 2.71. The van der Waals surface area contributed by atoms with Gasteiger partial charge in [0, 0.05) is 11.8 Å². The van der Waals surface area contributed by atoms with Crippen LogP contribution >= 0.6 is 11.3 Å². The fourth-order valence-electron chi connectivity index (χ4n) is 1.50. The number of anilines is 1. The highest BCUT2D eigenvalue weighted by atomic mass is 32.1. The maximum Gasteiger partial charge on any atom is 0.180 e. The Balaban J connectivity index is 2.03. The number of nitrogens with two attached hydrogens (primary N) is 1. The number of nitrogens with zero attached hydrogens (tertiary/aromatic N) is 1. The molecule has 0 saturated heterocycles. The highest BCUT2D eigenvalue weighted by Gasteiger charge is 2.34. The monoisotopic (exact) mass is 184 g/mol. The van der Waals surface area contributed by atoms with E-state index in [2.05, 4.69) is 4.98 Å². The number of rotatable bonds is 2. The van der Waals surface area contributed by atoms with E-state index in [-0.39, 0.29) is 0 Å². The molecule has 1 aliphatic carbocycles. The van der Waals surface area contributed by atoms with Crippen LogP contribution in [0, 0.1) is 0 Å². The molecule has 0 radical (unpaired) electrons. The summed E-state index contributed by atoms with van der Waals surface area (Å²) in [6.45, 7) is 0. The molecule has 4 heteroatoms. The highest BCUT2D eigenvalue weighted by Crippen LogP contribution is 2.34. The van der Waals surface area contributed by atoms with E-state index in [1.807, 2.05) is 5.38 Å². The molecule has 1 aromatic rings. The van der Waals surface area contributed by atoms with Gasteiger partial charge in [-0.2, -0.15) is 0 Å². The van der Waals surface area contributed by atoms with Crippen molar-refractivity contribution in [2.75, 3.05) is 5.73 Å². The van der Waals surface area contributed by atoms with Gasteiger partial charge in [0.05, 0.1) is 11.3 Å². The van der Waals surface area contributed by atoms with Gasteiger partial charge >= 0.3 is 0 Å². The van der Waals surface area contributed by atoms with Crippen molar-refractivity contribution in [3.63, 3.8) is 0 Å². The van der Waals surface area contributed by atoms with E-state index in [4.69, 9.17) is 5.73 Å². The van der Waals surface area contributed by atoms with Crippen LogP contribution in [0.1, 0.15) is 25.0 Å². The summed E-state index contributed by atoms with van der Waals surface area (Å²) in [5, 5.41) is 12.3. The third kappa shape index (κ3) is 1.44. The van der Waals surface area contributed by atoms with Gasteiger partial charge in [0.15, 0.2) is 5.13 Å². The van der Waals surface area contributed by atoms with Crippen molar-refractivity contribution in [1.82, 2.24) is 4.98 Å². The quantitative estimate of drug-likeness (QED) is 0.725. The molecule has 2 rings (SSSR count). The van der Waals surface area contributed by atoms with Gasteiger partial charge in [-0.3, -0.25) is 0 Å². The average Bonchev–Trinajstić information content (AvgIpc) is 2.32. The lowest BCUT2D eigenvalue weighted by Crippen LogP contribution is -2.38. The summed E-state index contributed by atoms with van der Waals surface area (Å²) in [6.07, 6.45) is 3.62. The lowest BCUT2D eigenvalue weighted by Gasteiger charge is -2.35. The van der Waals surface area contributed by atoms with Crippen LogP contribution in [0.2, 0.25) is 0 Å². The fourth-order valence-corrected chi connectivity index (χ4v) is 2.07. The van der Waals surface area contributed by atoms with Crippen LogP contribution in [0.4, 0.5) is 5.13 Å². The van der Waals surface area contributed by atoms with E-state index in [9.17, 15) is 5.11 Å². The third-order valence-corrected chi connectivity index (χ3v) is 3.09. The first-order valence-electron chi connectivity index (χ1n) is 4.10. The van der Waals surface area contributed by atoms with E-state index in [0.29, 0.717) is 11.6 Å². The molecule has 66 valence electrons. The molecule has 0 unspecified atom stereocenters. The Morgan fingerprint density at radius 2 is 2.42 bits per heavy atom. The summed E-state index contributed by atoms with van der Waals surface area (Å²) in [4.78, 5) is 4.11. The molecule has 1 saturated carbocycles. The molecule has 3 N–H and O–H groups in total. The summed E-state index contributed by atoms with van der Waals surface area (Å²) in [5.74, 6) is 0. The molecule has 0 aromatic carbocycles. The standard InChI is InChI=1S/C8H12N2OS/c9-7-10-6(5-12-7)4-8(11)2-1-3-8/h5,11H,1-4H2,(H2,9,10). The summed E-state index contributed by atoms with van der Waals surface area (Å²) in [7, 11) is 0. The molecule has 12 heavy (non-hydrogen) atoms. The van der Waals surface area contributed by atoms with E-state index >= 15 is 0 Å². The van der Waals surface area contributed by atoms with Crippen molar-refractivity contribution in [1.29, 1.82) is 0 Å². The lowest BCUT2D eigenvalue weighted by molar-refractivity contribution is -0.0329. The van der Waals surface area contributed by atoms with E-state index in [0.717, 1.165) is 25.0 Å². The second-order valence-corrected chi connectivity index (χ2v) is 4.32. The number of hydrogen-bond acceptors (Lipinski definition) is 4. The predicted molar refractivity (Wildman–Crippen MR) is 49.0 cm³/mol. The van der Waals surface area contributed by atoms with Gasteiger partial charge < -0.3 is 10.8 Å². The zero-order valence-electron chi connectivity index (χ0n) is 6.79. The first-order chi connectivity index (χ1) is 5.68. The zero-order chi connectivity index (χ0) is 8.60. The average molecular weight is 184 g/mol. The van der Waals surface area contributed by atoms with Crippen molar-refractivity contribution >= 4 is 16.5 Å². The number of thiazole rings is 1. The minimum absolute atomic E-state index is 0.472. The predicted octanol–water partition coefficient (Wildman–Crippen LogP) is 1.18. The minimum Gasteiger partial charge on any atom is -0.389 e. The smallest absolute Gasteiger partial charge is 0.180 e. The van der Waals surface area contributed by atoms with Crippen LogP contribution in [0.15, 0.2) is 5.38 Å². The Morgan fingerprint density at radius 1 is 1.67 bits per heavy atom. The van der Waals surface area contributed by atoms with Crippen LogP contribution in [0.3, 0.4) is 0 Å². The molecule has 0 atom stereocenters. The van der Waals surface area contributed by atoms with Crippen LogP contribution in [0.25, 0.3) is 0 Å². The SMILES string of the molecule is Nc1nc(CC2(O)CCC2)cs1. The molecule has 1 heterocycles. The molecule has 0 amide bonds. The van der Waals surface area contributed by atoms with Crippen LogP contribution in [-0.2, 0) is 6.42 Å². The summed E-state index contributed by atoms with van der Waals surface area (Å²) < 4.78 is 0. The van der Waals surface area contributed by atoms with E-state index in [1.165, 1.54) is 11.3 Å². The number of hydrogen-bond donors (Lipinski definition) is 2. The summed E-state index contributed by atoms with van der Waals surface area (Å²) in [6, 6.07) is 0. The van der Waals surface area contributed by atoms with Crippen molar-refractivity contribution in [2.24, 2.45) is 0 Å². The van der Waals surface area contributed by atoms with Crippen LogP contribution in [-0.4, -0.2) is 15.7 Å². The lowest BCUT2D eigenvalue weighted by atomic mass is 9.77. The van der Waals surface area contributed by atoms with Gasteiger partial charge in [0.2, 0.25) is 0 Å². The normalized spacial score (nSPS) is 20.4. The fraction of sp³-hybridized carbons (Fsp3) is 0.625. The van der Waals surface area contributed by atoms with Crippen molar-refractivity contribution < 1.29 is 5.11 Å². The maximum absolute atomic E-state index is 9.80. The topological polar surface area (TPSA) is 59.1 Å². The molecule has 0 spiro atoms. The van der Waals surface area contributed by atoms with E-state index in [1.54, 1.807) is 0 Å². The first-order valence-corrected chi connectivity index (χ1v) is 4.98. The zero-order valence-corrected chi connectivity index (χ0v) is 7.60. The van der Waals surface area contributed by atoms with Gasteiger partial charge in [-0.25, -0.2) is 4.98 Å². The molecule has 0 aliphatic heterocycles. The minimum atomic E-state index is -0.472. The van der Waals surface area contributed by atoms with Crippen molar-refractivity contribution in [2.45, 2.75) is 31.3 Å². The Bertz CT molecular complexity index is 280. The summed E-state index contributed by atoms with van der Waals surface area (Å²) in [5.41, 5.74) is 5.94. The Morgan fingerprint density at radius 3 is 2.83 bits per heavy atom. The first kappa shape index (κ1) is 8.01. The second-order valence-electron chi connectivity index (χ2n) is 3.43. The Labute approximate surface area is 75.2 Å². The van der Waals surface area contributed by atoms with Crippen molar-refractivity contribution in [3.05, 3.63) is 11.1 Å². The highest BCUT2D eigenvalue weighted by molar-refractivity contribution is 7.13. The molecule has 1 aromatic heterocycles. The van der Waals surface area contributed by atoms with E-state index < -0.39 is 5.60 Å². The van der Waals surface area contributed by atoms with Crippen molar-refractivity contribution in [3.8, 4) is 0 Å². The van der Waals surface area contributed by atoms with Gasteiger partial charge in [-0.1, -0.05) is 0 Å². The number of aliphatic hydroxyl groups is 1. The number of aromatic nitrogens is 1. The van der Waals surface area contributed by atoms with Gasteiger partial charge in [-0.15, -0.1) is 11.3 Å². The van der Waals surface area contributed by atoms with Gasteiger partial charge in [0.1, 0.15) is 0 Å². The van der Waals surface area contributed by atoms with Crippen LogP contribution < -0.4 is 5.73 Å². The molecule has 1 fully saturated rings. The molecular formula is C8H12N2OS. The van der Waals surface area contributed by atoms with Gasteiger partial charge in [0.25, 0.3) is 0 Å². The summed E-state index contributed by atoms with van der Waals surface area (Å²) >= 11 is 1.44. The van der Waals surface area contributed by atoms with Crippen LogP contribution in [0.5, 0.6) is 0 Å². The number of nitrogen functional groups attached to an aromatic ring is 1. The third-order valence-electron chi connectivity index (χ3n) is 2.36.